The van der Waals surface area contributed by atoms with Gasteiger partial charge in [-0.2, -0.15) is 10.1 Å². The molecule has 0 aliphatic carbocycles. The Morgan fingerprint density at radius 3 is 2.44 bits per heavy atom. The zero-order valence-corrected chi connectivity index (χ0v) is 16.9. The van der Waals surface area contributed by atoms with Gasteiger partial charge in [-0.05, 0) is 24.5 Å². The fourth-order valence-electron chi connectivity index (χ4n) is 2.48. The third kappa shape index (κ3) is 3.58. The van der Waals surface area contributed by atoms with Crippen molar-refractivity contribution >= 4 is 57.6 Å². The summed E-state index contributed by atoms with van der Waals surface area (Å²) >= 11 is 19.7. The van der Waals surface area contributed by atoms with Crippen molar-refractivity contribution in [1.29, 1.82) is 0 Å². The fraction of sp³-hybridized carbons (Fsp3) is 0.0556. The van der Waals surface area contributed by atoms with E-state index in [1.807, 2.05) is 36.6 Å². The Labute approximate surface area is 174 Å². The minimum absolute atomic E-state index is 0.331. The molecule has 27 heavy (non-hydrogen) atoms. The minimum Gasteiger partial charge on any atom is -0.436 e. The second kappa shape index (κ2) is 7.56. The number of ether oxygens (including phenoxy) is 1. The Hall–Kier alpha value is -1.99. The lowest BCUT2D eigenvalue weighted by atomic mass is 10.3. The zero-order chi connectivity index (χ0) is 19.0. The van der Waals surface area contributed by atoms with Gasteiger partial charge in [0.15, 0.2) is 10.8 Å². The Morgan fingerprint density at radius 1 is 0.963 bits per heavy atom. The SMILES string of the molecule is CSc1nc(Oc2cc(Cl)c(Cl)cc2Cl)c2cnn(-c3ccccc3)c2n1. The number of thioether (sulfide) groups is 1. The van der Waals surface area contributed by atoms with Gasteiger partial charge in [0.1, 0.15) is 11.1 Å². The number of para-hydroxylation sites is 1. The molecule has 0 radical (unpaired) electrons. The molecule has 0 spiro atoms. The standard InChI is InChI=1S/C18H11Cl3N4OS/c1-27-18-23-16-11(9-22-25(16)10-5-3-2-4-6-10)17(24-18)26-15-8-13(20)12(19)7-14(15)21/h2-9H,1H3. The largest absolute Gasteiger partial charge is 0.436 e. The zero-order valence-electron chi connectivity index (χ0n) is 13.9. The minimum atomic E-state index is 0.331. The van der Waals surface area contributed by atoms with Crippen molar-refractivity contribution in [2.24, 2.45) is 0 Å². The molecular formula is C18H11Cl3N4OS. The van der Waals surface area contributed by atoms with Gasteiger partial charge in [-0.1, -0.05) is 64.8 Å². The monoisotopic (exact) mass is 436 g/mol. The number of nitrogens with zero attached hydrogens (tertiary/aromatic N) is 4. The third-order valence-electron chi connectivity index (χ3n) is 3.74. The van der Waals surface area contributed by atoms with E-state index in [0.29, 0.717) is 42.9 Å². The number of halogens is 3. The van der Waals surface area contributed by atoms with Crippen LogP contribution in [0.3, 0.4) is 0 Å². The normalized spacial score (nSPS) is 11.1. The van der Waals surface area contributed by atoms with Crippen molar-refractivity contribution in [2.75, 3.05) is 6.26 Å². The first-order valence-corrected chi connectivity index (χ1v) is 10.1. The van der Waals surface area contributed by atoms with Crippen molar-refractivity contribution in [3.63, 3.8) is 0 Å². The smallest absolute Gasteiger partial charge is 0.234 e. The summed E-state index contributed by atoms with van der Waals surface area (Å²) in [5.41, 5.74) is 1.52. The topological polar surface area (TPSA) is 52.8 Å². The summed E-state index contributed by atoms with van der Waals surface area (Å²) in [7, 11) is 0. The molecule has 0 fully saturated rings. The first kappa shape index (κ1) is 18.4. The van der Waals surface area contributed by atoms with Crippen molar-refractivity contribution in [2.45, 2.75) is 5.16 Å². The van der Waals surface area contributed by atoms with E-state index >= 15 is 0 Å². The molecule has 0 atom stereocenters. The lowest BCUT2D eigenvalue weighted by Gasteiger charge is -2.10. The maximum absolute atomic E-state index is 6.24. The third-order valence-corrected chi connectivity index (χ3v) is 5.30. The van der Waals surface area contributed by atoms with Crippen molar-refractivity contribution < 1.29 is 4.74 Å². The van der Waals surface area contributed by atoms with Gasteiger partial charge in [0.05, 0.1) is 27.0 Å². The average molecular weight is 438 g/mol. The molecule has 0 saturated heterocycles. The van der Waals surface area contributed by atoms with E-state index in [1.165, 1.54) is 17.8 Å². The van der Waals surface area contributed by atoms with Crippen LogP contribution in [0.4, 0.5) is 0 Å². The molecular weight excluding hydrogens is 427 g/mol. The highest BCUT2D eigenvalue weighted by molar-refractivity contribution is 7.98. The van der Waals surface area contributed by atoms with E-state index in [2.05, 4.69) is 15.1 Å². The van der Waals surface area contributed by atoms with Crippen molar-refractivity contribution in [3.05, 3.63) is 63.7 Å². The van der Waals surface area contributed by atoms with E-state index in [-0.39, 0.29) is 0 Å². The number of aromatic nitrogens is 4. The summed E-state index contributed by atoms with van der Waals surface area (Å²) in [5.74, 6) is 0.692. The average Bonchev–Trinajstić information content (AvgIpc) is 3.11. The molecule has 0 amide bonds. The molecule has 2 aromatic heterocycles. The Kier molecular flexibility index (Phi) is 5.14. The number of hydrogen-bond acceptors (Lipinski definition) is 5. The summed E-state index contributed by atoms with van der Waals surface area (Å²) in [6.45, 7) is 0. The Balaban J connectivity index is 1.86. The maximum atomic E-state index is 6.24. The van der Waals surface area contributed by atoms with E-state index in [4.69, 9.17) is 39.5 Å². The summed E-state index contributed by atoms with van der Waals surface area (Å²) in [4.78, 5) is 9.04. The summed E-state index contributed by atoms with van der Waals surface area (Å²) in [6, 6.07) is 12.8. The van der Waals surface area contributed by atoms with Crippen LogP contribution in [0.5, 0.6) is 11.6 Å². The van der Waals surface area contributed by atoms with Crippen LogP contribution in [0.15, 0.2) is 53.8 Å². The molecule has 0 bridgehead atoms. The maximum Gasteiger partial charge on any atom is 0.234 e. The quantitative estimate of drug-likeness (QED) is 0.213. The van der Waals surface area contributed by atoms with Gasteiger partial charge in [-0.25, -0.2) is 9.67 Å². The molecule has 9 heteroatoms. The van der Waals surface area contributed by atoms with E-state index in [0.717, 1.165) is 5.69 Å². The molecule has 5 nitrogen and oxygen atoms in total. The van der Waals surface area contributed by atoms with Crippen molar-refractivity contribution in [3.8, 4) is 17.3 Å². The Bertz CT molecular complexity index is 1130. The Morgan fingerprint density at radius 2 is 1.70 bits per heavy atom. The molecule has 0 aliphatic heterocycles. The predicted octanol–water partition coefficient (Wildman–Crippen LogP) is 6.29. The van der Waals surface area contributed by atoms with Gasteiger partial charge < -0.3 is 4.74 Å². The van der Waals surface area contributed by atoms with Crippen molar-refractivity contribution in [1.82, 2.24) is 19.7 Å². The van der Waals surface area contributed by atoms with Gasteiger partial charge in [0.25, 0.3) is 0 Å². The highest BCUT2D eigenvalue weighted by Crippen LogP contribution is 2.38. The molecule has 4 rings (SSSR count). The molecule has 2 aromatic carbocycles. The van der Waals surface area contributed by atoms with Crippen LogP contribution in [0.25, 0.3) is 16.7 Å². The van der Waals surface area contributed by atoms with Gasteiger partial charge in [-0.15, -0.1) is 0 Å². The number of rotatable bonds is 4. The van der Waals surface area contributed by atoms with E-state index in [1.54, 1.807) is 16.9 Å². The molecule has 0 aliphatic rings. The van der Waals surface area contributed by atoms with Gasteiger partial charge in [0, 0.05) is 6.07 Å². The molecule has 0 saturated carbocycles. The summed E-state index contributed by atoms with van der Waals surface area (Å²) in [6.07, 6.45) is 3.55. The molecule has 2 heterocycles. The highest BCUT2D eigenvalue weighted by Gasteiger charge is 2.17. The van der Waals surface area contributed by atoms with Gasteiger partial charge in [-0.3, -0.25) is 0 Å². The fourth-order valence-corrected chi connectivity index (χ4v) is 3.40. The van der Waals surface area contributed by atoms with Crippen LogP contribution in [-0.2, 0) is 0 Å². The van der Waals surface area contributed by atoms with Crippen LogP contribution in [0.2, 0.25) is 15.1 Å². The molecule has 0 N–H and O–H groups in total. The summed E-state index contributed by atoms with van der Waals surface area (Å²) < 4.78 is 7.69. The number of fused-ring (bicyclic) bond motifs is 1. The first-order chi connectivity index (χ1) is 13.1. The van der Waals surface area contributed by atoms with Gasteiger partial charge >= 0.3 is 0 Å². The molecule has 0 unspecified atom stereocenters. The second-order valence-electron chi connectivity index (χ2n) is 5.44. The van der Waals surface area contributed by atoms with E-state index < -0.39 is 0 Å². The lowest BCUT2D eigenvalue weighted by molar-refractivity contribution is 0.463. The molecule has 4 aromatic rings. The van der Waals surface area contributed by atoms with Crippen LogP contribution in [0.1, 0.15) is 0 Å². The number of benzene rings is 2. The highest BCUT2D eigenvalue weighted by atomic mass is 35.5. The van der Waals surface area contributed by atoms with Crippen LogP contribution >= 0.6 is 46.6 Å². The predicted molar refractivity (Wildman–Crippen MR) is 110 cm³/mol. The first-order valence-electron chi connectivity index (χ1n) is 7.74. The lowest BCUT2D eigenvalue weighted by Crippen LogP contribution is -2.00. The van der Waals surface area contributed by atoms with Gasteiger partial charge in [0.2, 0.25) is 5.88 Å². The second-order valence-corrected chi connectivity index (χ2v) is 7.44. The van der Waals surface area contributed by atoms with Crippen LogP contribution < -0.4 is 4.74 Å². The van der Waals surface area contributed by atoms with Crippen LogP contribution in [0, 0.1) is 0 Å². The van der Waals surface area contributed by atoms with Crippen LogP contribution in [-0.4, -0.2) is 26.0 Å². The molecule has 136 valence electrons. The number of hydrogen-bond donors (Lipinski definition) is 0. The summed E-state index contributed by atoms with van der Waals surface area (Å²) in [5, 5.41) is 6.66. The van der Waals surface area contributed by atoms with E-state index in [9.17, 15) is 0 Å².